The quantitative estimate of drug-likeness (QED) is 0.592. The van der Waals surface area contributed by atoms with Crippen LogP contribution in [0.5, 0.6) is 5.75 Å². The first kappa shape index (κ1) is 14.3. The van der Waals surface area contributed by atoms with Gasteiger partial charge in [-0.2, -0.15) is 0 Å². The second-order valence-electron chi connectivity index (χ2n) is 5.45. The molecule has 0 aliphatic rings. The molecule has 4 rings (SSSR count). The summed E-state index contributed by atoms with van der Waals surface area (Å²) in [6, 6.07) is 19.0. The van der Waals surface area contributed by atoms with Crippen molar-refractivity contribution in [3.8, 4) is 5.75 Å². The summed E-state index contributed by atoms with van der Waals surface area (Å²) in [6.07, 6.45) is 3.18. The number of hydrogen-bond acceptors (Lipinski definition) is 5. The van der Waals surface area contributed by atoms with E-state index in [9.17, 15) is 5.11 Å². The fraction of sp³-hybridized carbons (Fsp3) is 0.0526. The number of aromatic hydroxyl groups is 1. The Morgan fingerprint density at radius 1 is 0.958 bits per heavy atom. The molecule has 0 saturated carbocycles. The monoisotopic (exact) mass is 317 g/mol. The number of anilines is 1. The lowest BCUT2D eigenvalue weighted by molar-refractivity contribution is 0.421. The summed E-state index contributed by atoms with van der Waals surface area (Å²) in [5.41, 5.74) is 2.32. The summed E-state index contributed by atoms with van der Waals surface area (Å²) in [4.78, 5) is 4.30. The molecule has 1 unspecified atom stereocenters. The molecule has 4 aromatic rings. The smallest absolute Gasteiger partial charge is 0.170 e. The standard InChI is InChI=1S/C19H15N3O2/c23-19-15(9-8-14-7-4-11-20-18(14)19)17(13-5-2-1-3-6-13)21-16-10-12-24-22-16/h1-12,17,23H,(H,21,22). The van der Waals surface area contributed by atoms with Crippen molar-refractivity contribution in [3.05, 3.63) is 84.3 Å². The minimum Gasteiger partial charge on any atom is -0.505 e. The Morgan fingerprint density at radius 2 is 1.83 bits per heavy atom. The van der Waals surface area contributed by atoms with Crippen molar-refractivity contribution >= 4 is 16.7 Å². The van der Waals surface area contributed by atoms with Gasteiger partial charge in [0, 0.05) is 23.2 Å². The molecule has 0 aliphatic heterocycles. The second-order valence-corrected chi connectivity index (χ2v) is 5.45. The number of phenolic OH excluding ortho intramolecular Hbond substituents is 1. The molecular formula is C19H15N3O2. The molecule has 24 heavy (non-hydrogen) atoms. The van der Waals surface area contributed by atoms with Crippen molar-refractivity contribution in [1.82, 2.24) is 10.1 Å². The molecule has 0 saturated heterocycles. The van der Waals surface area contributed by atoms with E-state index in [-0.39, 0.29) is 11.8 Å². The zero-order chi connectivity index (χ0) is 16.4. The van der Waals surface area contributed by atoms with Gasteiger partial charge in [0.15, 0.2) is 5.82 Å². The molecule has 2 aromatic heterocycles. The summed E-state index contributed by atoms with van der Waals surface area (Å²) < 4.78 is 4.90. The first-order valence-corrected chi connectivity index (χ1v) is 7.61. The first-order chi connectivity index (χ1) is 11.8. The van der Waals surface area contributed by atoms with Gasteiger partial charge in [-0.05, 0) is 11.6 Å². The van der Waals surface area contributed by atoms with E-state index in [0.717, 1.165) is 16.5 Å². The predicted octanol–water partition coefficient (Wildman–Crippen LogP) is 4.13. The average Bonchev–Trinajstić information content (AvgIpc) is 3.15. The van der Waals surface area contributed by atoms with Crippen molar-refractivity contribution in [2.45, 2.75) is 6.04 Å². The van der Waals surface area contributed by atoms with Gasteiger partial charge in [-0.1, -0.05) is 53.7 Å². The Balaban J connectivity index is 1.85. The Bertz CT molecular complexity index is 953. The van der Waals surface area contributed by atoms with Crippen LogP contribution in [-0.4, -0.2) is 15.2 Å². The van der Waals surface area contributed by atoms with Crippen molar-refractivity contribution < 1.29 is 9.63 Å². The van der Waals surface area contributed by atoms with E-state index in [4.69, 9.17) is 4.52 Å². The molecule has 5 heteroatoms. The van der Waals surface area contributed by atoms with Gasteiger partial charge in [-0.3, -0.25) is 4.98 Å². The number of hydrogen-bond donors (Lipinski definition) is 2. The molecule has 5 nitrogen and oxygen atoms in total. The number of pyridine rings is 1. The number of benzene rings is 2. The minimum atomic E-state index is -0.275. The lowest BCUT2D eigenvalue weighted by atomic mass is 9.96. The van der Waals surface area contributed by atoms with Crippen molar-refractivity contribution in [2.75, 3.05) is 5.32 Å². The molecule has 0 bridgehead atoms. The maximum absolute atomic E-state index is 10.8. The molecule has 118 valence electrons. The van der Waals surface area contributed by atoms with Gasteiger partial charge in [0.05, 0.1) is 6.04 Å². The predicted molar refractivity (Wildman–Crippen MR) is 91.8 cm³/mol. The average molecular weight is 317 g/mol. The summed E-state index contributed by atoms with van der Waals surface area (Å²) in [6.45, 7) is 0. The van der Waals surface area contributed by atoms with Crippen LogP contribution in [0.3, 0.4) is 0 Å². The summed E-state index contributed by atoms with van der Waals surface area (Å²) >= 11 is 0. The van der Waals surface area contributed by atoms with E-state index in [2.05, 4.69) is 15.5 Å². The SMILES string of the molecule is Oc1c(C(Nc2ccon2)c2ccccc2)ccc2cccnc12. The van der Waals surface area contributed by atoms with E-state index in [0.29, 0.717) is 11.3 Å². The van der Waals surface area contributed by atoms with Gasteiger partial charge < -0.3 is 14.9 Å². The highest BCUT2D eigenvalue weighted by molar-refractivity contribution is 5.85. The Kier molecular flexibility index (Phi) is 3.59. The number of aromatic nitrogens is 2. The third kappa shape index (κ3) is 2.56. The summed E-state index contributed by atoms with van der Waals surface area (Å²) in [5, 5.41) is 18.9. The molecular weight excluding hydrogens is 302 g/mol. The van der Waals surface area contributed by atoms with Crippen molar-refractivity contribution in [2.24, 2.45) is 0 Å². The maximum atomic E-state index is 10.8. The highest BCUT2D eigenvalue weighted by Gasteiger charge is 2.20. The Labute approximate surface area is 138 Å². The molecule has 2 aromatic carbocycles. The Hall–Kier alpha value is -3.34. The fourth-order valence-electron chi connectivity index (χ4n) is 2.80. The molecule has 0 fully saturated rings. The van der Waals surface area contributed by atoms with Crippen LogP contribution in [0.2, 0.25) is 0 Å². The van der Waals surface area contributed by atoms with E-state index in [1.807, 2.05) is 54.6 Å². The maximum Gasteiger partial charge on any atom is 0.170 e. The molecule has 2 N–H and O–H groups in total. The lowest BCUT2D eigenvalue weighted by Gasteiger charge is -2.21. The number of nitrogens with zero attached hydrogens (tertiary/aromatic N) is 2. The van der Waals surface area contributed by atoms with E-state index >= 15 is 0 Å². The third-order valence-electron chi connectivity index (χ3n) is 3.95. The second kappa shape index (κ2) is 6.04. The van der Waals surface area contributed by atoms with Crippen molar-refractivity contribution in [3.63, 3.8) is 0 Å². The molecule has 0 aliphatic carbocycles. The minimum absolute atomic E-state index is 0.165. The number of nitrogens with one attached hydrogen (secondary N) is 1. The van der Waals surface area contributed by atoms with Crippen LogP contribution in [0, 0.1) is 0 Å². The molecule has 0 amide bonds. The first-order valence-electron chi connectivity index (χ1n) is 7.61. The summed E-state index contributed by atoms with van der Waals surface area (Å²) in [5.74, 6) is 0.766. The summed E-state index contributed by atoms with van der Waals surface area (Å²) in [7, 11) is 0. The number of rotatable bonds is 4. The van der Waals surface area contributed by atoms with Crippen LogP contribution >= 0.6 is 0 Å². The van der Waals surface area contributed by atoms with Gasteiger partial charge in [0.25, 0.3) is 0 Å². The van der Waals surface area contributed by atoms with Gasteiger partial charge in [-0.25, -0.2) is 0 Å². The fourth-order valence-corrected chi connectivity index (χ4v) is 2.80. The van der Waals surface area contributed by atoms with Crippen LogP contribution in [0.1, 0.15) is 17.2 Å². The van der Waals surface area contributed by atoms with Gasteiger partial charge in [0.1, 0.15) is 17.5 Å². The molecule has 0 radical (unpaired) electrons. The molecule has 1 atom stereocenters. The number of fused-ring (bicyclic) bond motifs is 1. The van der Waals surface area contributed by atoms with Gasteiger partial charge in [0.2, 0.25) is 0 Å². The lowest BCUT2D eigenvalue weighted by Crippen LogP contribution is -2.13. The van der Waals surface area contributed by atoms with Gasteiger partial charge in [-0.15, -0.1) is 0 Å². The topological polar surface area (TPSA) is 71.2 Å². The highest BCUT2D eigenvalue weighted by Crippen LogP contribution is 2.36. The van der Waals surface area contributed by atoms with Crippen molar-refractivity contribution in [1.29, 1.82) is 0 Å². The number of phenols is 1. The largest absolute Gasteiger partial charge is 0.505 e. The normalized spacial score (nSPS) is 12.2. The Morgan fingerprint density at radius 3 is 2.62 bits per heavy atom. The molecule has 2 heterocycles. The third-order valence-corrected chi connectivity index (χ3v) is 3.95. The zero-order valence-electron chi connectivity index (χ0n) is 12.8. The van der Waals surface area contributed by atoms with E-state index in [1.54, 1.807) is 12.3 Å². The van der Waals surface area contributed by atoms with E-state index in [1.165, 1.54) is 6.26 Å². The van der Waals surface area contributed by atoms with E-state index < -0.39 is 0 Å². The van der Waals surface area contributed by atoms with Crippen LogP contribution in [-0.2, 0) is 0 Å². The van der Waals surface area contributed by atoms with Crippen LogP contribution in [0.15, 0.2) is 77.6 Å². The highest BCUT2D eigenvalue weighted by atomic mass is 16.5. The molecule has 0 spiro atoms. The van der Waals surface area contributed by atoms with Crippen LogP contribution < -0.4 is 5.32 Å². The van der Waals surface area contributed by atoms with Crippen LogP contribution in [0.4, 0.5) is 5.82 Å². The van der Waals surface area contributed by atoms with Gasteiger partial charge >= 0.3 is 0 Å². The zero-order valence-corrected chi connectivity index (χ0v) is 12.8. The van der Waals surface area contributed by atoms with Crippen LogP contribution in [0.25, 0.3) is 10.9 Å².